The van der Waals surface area contributed by atoms with Crippen LogP contribution in [0, 0.1) is 5.82 Å². The highest BCUT2D eigenvalue weighted by atomic mass is 19.4. The Morgan fingerprint density at radius 3 is 2.27 bits per heavy atom. The van der Waals surface area contributed by atoms with Crippen molar-refractivity contribution in [3.63, 3.8) is 0 Å². The van der Waals surface area contributed by atoms with Gasteiger partial charge in [0.2, 0.25) is 0 Å². The highest BCUT2D eigenvalue weighted by molar-refractivity contribution is 6.10. The van der Waals surface area contributed by atoms with Gasteiger partial charge in [0, 0.05) is 12.1 Å². The Balaban J connectivity index is 1.85. The number of ether oxygens (including phenoxy) is 2. The van der Waals surface area contributed by atoms with E-state index in [0.717, 1.165) is 18.2 Å². The number of benzene rings is 2. The molecule has 0 aromatic heterocycles. The average Bonchev–Trinajstić information content (AvgIpc) is 3.02. The topological polar surface area (TPSA) is 97.0 Å². The fourth-order valence-corrected chi connectivity index (χ4v) is 3.24. The second-order valence-corrected chi connectivity index (χ2v) is 7.04. The number of amides is 4. The van der Waals surface area contributed by atoms with Crippen molar-refractivity contribution < 1.29 is 41.4 Å². The highest BCUT2D eigenvalue weighted by Gasteiger charge is 2.68. The number of hydrogen-bond acceptors (Lipinski definition) is 5. The zero-order valence-electron chi connectivity index (χ0n) is 17.5. The van der Waals surface area contributed by atoms with E-state index in [1.165, 1.54) is 38.5 Å². The number of imide groups is 1. The number of halogens is 4. The fourth-order valence-electron chi connectivity index (χ4n) is 3.24. The standard InChI is InChI=1S/C21H19F4N3O5/c1-32-15-8-5-13(11-16(15)33-2)17(29)26-20(21(23,24)25)18(30)28(19(31)27-20)10-9-12-3-6-14(22)7-4-12/h3-8,11H,9-10H2,1-2H3,(H,26,29)(H,27,31). The van der Waals surface area contributed by atoms with Gasteiger partial charge in [-0.15, -0.1) is 0 Å². The number of nitrogens with one attached hydrogen (secondary N) is 2. The molecule has 1 atom stereocenters. The van der Waals surface area contributed by atoms with E-state index >= 15 is 0 Å². The summed E-state index contributed by atoms with van der Waals surface area (Å²) >= 11 is 0. The molecule has 0 bridgehead atoms. The molecule has 2 aromatic rings. The zero-order valence-corrected chi connectivity index (χ0v) is 17.5. The summed E-state index contributed by atoms with van der Waals surface area (Å²) < 4.78 is 65.1. The molecule has 0 aliphatic carbocycles. The summed E-state index contributed by atoms with van der Waals surface area (Å²) in [6, 6.07) is 7.33. The first-order valence-corrected chi connectivity index (χ1v) is 9.52. The smallest absolute Gasteiger partial charge is 0.440 e. The minimum absolute atomic E-state index is 0.0169. The third-order valence-electron chi connectivity index (χ3n) is 5.01. The first-order valence-electron chi connectivity index (χ1n) is 9.52. The lowest BCUT2D eigenvalue weighted by molar-refractivity contribution is -0.200. The minimum Gasteiger partial charge on any atom is -0.493 e. The minimum atomic E-state index is -5.35. The van der Waals surface area contributed by atoms with Crippen molar-refractivity contribution in [2.24, 2.45) is 0 Å². The molecule has 1 saturated heterocycles. The van der Waals surface area contributed by atoms with Crippen LogP contribution in [0.25, 0.3) is 0 Å². The van der Waals surface area contributed by atoms with Crippen molar-refractivity contribution in [1.82, 2.24) is 15.5 Å². The second-order valence-electron chi connectivity index (χ2n) is 7.04. The molecule has 0 radical (unpaired) electrons. The largest absolute Gasteiger partial charge is 0.493 e. The molecule has 176 valence electrons. The van der Waals surface area contributed by atoms with E-state index in [-0.39, 0.29) is 23.5 Å². The Hall–Kier alpha value is -3.83. The van der Waals surface area contributed by atoms with Crippen molar-refractivity contribution in [2.45, 2.75) is 18.3 Å². The maximum absolute atomic E-state index is 14.0. The number of methoxy groups -OCH3 is 2. The van der Waals surface area contributed by atoms with E-state index in [1.54, 1.807) is 10.6 Å². The quantitative estimate of drug-likeness (QED) is 0.480. The molecule has 8 nitrogen and oxygen atoms in total. The number of carbonyl (C=O) groups is 3. The summed E-state index contributed by atoms with van der Waals surface area (Å²) in [7, 11) is 2.61. The van der Waals surface area contributed by atoms with Crippen LogP contribution in [0.5, 0.6) is 11.5 Å². The summed E-state index contributed by atoms with van der Waals surface area (Å²) in [6.07, 6.45) is -5.37. The Morgan fingerprint density at radius 1 is 1.06 bits per heavy atom. The summed E-state index contributed by atoms with van der Waals surface area (Å²) in [4.78, 5) is 38.0. The van der Waals surface area contributed by atoms with Gasteiger partial charge < -0.3 is 14.8 Å². The van der Waals surface area contributed by atoms with Crippen LogP contribution >= 0.6 is 0 Å². The Kier molecular flexibility index (Phi) is 6.47. The Bertz CT molecular complexity index is 1070. The van der Waals surface area contributed by atoms with E-state index in [0.29, 0.717) is 10.5 Å². The summed E-state index contributed by atoms with van der Waals surface area (Å²) in [5.74, 6) is -3.16. The average molecular weight is 469 g/mol. The Labute approximate surface area is 185 Å². The van der Waals surface area contributed by atoms with E-state index < -0.39 is 42.0 Å². The lowest BCUT2D eigenvalue weighted by atomic mass is 10.1. The van der Waals surface area contributed by atoms with Crippen LogP contribution in [0.3, 0.4) is 0 Å². The van der Waals surface area contributed by atoms with Gasteiger partial charge in [-0.3, -0.25) is 19.8 Å². The first-order chi connectivity index (χ1) is 15.5. The third kappa shape index (κ3) is 4.54. The molecule has 3 rings (SSSR count). The van der Waals surface area contributed by atoms with E-state index in [9.17, 15) is 31.9 Å². The van der Waals surface area contributed by atoms with Crippen LogP contribution in [0.2, 0.25) is 0 Å². The Morgan fingerprint density at radius 2 is 1.70 bits per heavy atom. The van der Waals surface area contributed by atoms with Gasteiger partial charge in [0.15, 0.2) is 11.5 Å². The van der Waals surface area contributed by atoms with Gasteiger partial charge >= 0.3 is 12.2 Å². The monoisotopic (exact) mass is 469 g/mol. The third-order valence-corrected chi connectivity index (χ3v) is 5.01. The fraction of sp³-hybridized carbons (Fsp3) is 0.286. The molecular weight excluding hydrogens is 450 g/mol. The van der Waals surface area contributed by atoms with E-state index in [2.05, 4.69) is 0 Å². The van der Waals surface area contributed by atoms with Gasteiger partial charge in [-0.25, -0.2) is 9.18 Å². The van der Waals surface area contributed by atoms with Crippen molar-refractivity contribution in [2.75, 3.05) is 20.8 Å². The number of hydrogen-bond donors (Lipinski definition) is 2. The molecule has 0 saturated carbocycles. The number of urea groups is 1. The zero-order chi connectivity index (χ0) is 24.4. The van der Waals surface area contributed by atoms with Crippen molar-refractivity contribution in [1.29, 1.82) is 0 Å². The van der Waals surface area contributed by atoms with Gasteiger partial charge in [0.25, 0.3) is 17.5 Å². The normalized spacial score (nSPS) is 18.2. The molecule has 1 fully saturated rings. The first kappa shape index (κ1) is 23.8. The number of rotatable bonds is 7. The highest BCUT2D eigenvalue weighted by Crippen LogP contribution is 2.35. The van der Waals surface area contributed by atoms with Crippen molar-refractivity contribution >= 4 is 17.8 Å². The van der Waals surface area contributed by atoms with Crippen LogP contribution in [-0.4, -0.2) is 55.3 Å². The molecule has 2 aromatic carbocycles. The molecular formula is C21H19F4N3O5. The van der Waals surface area contributed by atoms with Gasteiger partial charge in [0.05, 0.1) is 14.2 Å². The van der Waals surface area contributed by atoms with Crippen LogP contribution in [0.4, 0.5) is 22.4 Å². The maximum atomic E-state index is 14.0. The van der Waals surface area contributed by atoms with Crippen LogP contribution in [-0.2, 0) is 11.2 Å². The van der Waals surface area contributed by atoms with E-state index in [1.807, 2.05) is 0 Å². The van der Waals surface area contributed by atoms with Crippen LogP contribution < -0.4 is 20.1 Å². The number of nitrogens with zero attached hydrogens (tertiary/aromatic N) is 1. The molecule has 1 aliphatic rings. The summed E-state index contributed by atoms with van der Waals surface area (Å²) in [6.45, 7) is -0.416. The van der Waals surface area contributed by atoms with Crippen molar-refractivity contribution in [3.05, 3.63) is 59.4 Å². The molecule has 1 aliphatic heterocycles. The number of carbonyl (C=O) groups excluding carboxylic acids is 3. The van der Waals surface area contributed by atoms with Gasteiger partial charge in [0.1, 0.15) is 5.82 Å². The molecule has 1 heterocycles. The molecule has 33 heavy (non-hydrogen) atoms. The lowest BCUT2D eigenvalue weighted by Crippen LogP contribution is -2.69. The van der Waals surface area contributed by atoms with Gasteiger partial charge in [-0.1, -0.05) is 12.1 Å². The summed E-state index contributed by atoms with van der Waals surface area (Å²) in [5.41, 5.74) is -3.42. The summed E-state index contributed by atoms with van der Waals surface area (Å²) in [5, 5.41) is 3.19. The second kappa shape index (κ2) is 8.96. The van der Waals surface area contributed by atoms with Crippen molar-refractivity contribution in [3.8, 4) is 11.5 Å². The maximum Gasteiger partial charge on any atom is 0.440 e. The van der Waals surface area contributed by atoms with Crippen LogP contribution in [0.15, 0.2) is 42.5 Å². The number of alkyl halides is 3. The lowest BCUT2D eigenvalue weighted by Gasteiger charge is -2.30. The molecule has 0 spiro atoms. The molecule has 2 N–H and O–H groups in total. The van der Waals surface area contributed by atoms with E-state index in [4.69, 9.17) is 9.47 Å². The SMILES string of the molecule is COc1ccc(C(=O)NC2(C(F)(F)F)NC(=O)N(CCc3ccc(F)cc3)C2=O)cc1OC. The predicted octanol–water partition coefficient (Wildman–Crippen LogP) is 2.63. The molecule has 12 heteroatoms. The molecule has 4 amide bonds. The van der Waals surface area contributed by atoms with Crippen LogP contribution in [0.1, 0.15) is 15.9 Å². The van der Waals surface area contributed by atoms with Gasteiger partial charge in [-0.2, -0.15) is 13.2 Å². The van der Waals surface area contributed by atoms with Gasteiger partial charge in [-0.05, 0) is 42.3 Å². The molecule has 1 unspecified atom stereocenters. The predicted molar refractivity (Wildman–Crippen MR) is 106 cm³/mol.